The number of aromatic nitrogens is 1. The van der Waals surface area contributed by atoms with Crippen molar-refractivity contribution < 1.29 is 14.0 Å². The highest BCUT2D eigenvalue weighted by Gasteiger charge is 2.17. The molecule has 6 heteroatoms. The van der Waals surface area contributed by atoms with Gasteiger partial charge in [-0.25, -0.2) is 4.98 Å². The second kappa shape index (κ2) is 7.91. The summed E-state index contributed by atoms with van der Waals surface area (Å²) in [6, 6.07) is 9.90. The number of furan rings is 1. The lowest BCUT2D eigenvalue weighted by atomic mass is 10.0. The largest absolute Gasteiger partial charge is 0.459 e. The Balaban J connectivity index is 1.47. The van der Waals surface area contributed by atoms with Crippen LogP contribution >= 0.6 is 0 Å². The molecule has 1 aliphatic rings. The molecule has 6 nitrogen and oxygen atoms in total. The minimum absolute atomic E-state index is 0.0119. The van der Waals surface area contributed by atoms with Crippen molar-refractivity contribution in [3.63, 3.8) is 0 Å². The molecule has 1 aromatic carbocycles. The van der Waals surface area contributed by atoms with E-state index in [0.717, 1.165) is 39.8 Å². The quantitative estimate of drug-likeness (QED) is 0.671. The molecule has 4 rings (SSSR count). The molecule has 0 radical (unpaired) electrons. The molecule has 0 fully saturated rings. The number of fused-ring (bicyclic) bond motifs is 2. The Hall–Kier alpha value is -3.41. The molecule has 2 aromatic heterocycles. The fraction of sp³-hybridized carbons (Fsp3) is 0.261. The van der Waals surface area contributed by atoms with Gasteiger partial charge in [0.1, 0.15) is 17.2 Å². The summed E-state index contributed by atoms with van der Waals surface area (Å²) in [5, 5.41) is 3.86. The van der Waals surface area contributed by atoms with Crippen LogP contribution in [0.4, 0.5) is 5.82 Å². The normalized spacial score (nSPS) is 13.5. The average molecular weight is 389 g/mol. The van der Waals surface area contributed by atoms with Gasteiger partial charge in [-0.15, -0.1) is 0 Å². The molecule has 0 atom stereocenters. The van der Waals surface area contributed by atoms with E-state index in [1.807, 2.05) is 24.3 Å². The molecule has 3 aromatic rings. The van der Waals surface area contributed by atoms with Crippen molar-refractivity contribution in [3.05, 3.63) is 65.1 Å². The number of benzene rings is 1. The van der Waals surface area contributed by atoms with Gasteiger partial charge in [-0.1, -0.05) is 25.1 Å². The van der Waals surface area contributed by atoms with E-state index in [9.17, 15) is 9.59 Å². The average Bonchev–Trinajstić information content (AvgIpc) is 3.08. The smallest absolute Gasteiger partial charge is 0.246 e. The van der Waals surface area contributed by atoms with Crippen LogP contribution in [0.15, 0.2) is 47.0 Å². The number of anilines is 1. The number of carbonyl (C=O) groups is 2. The van der Waals surface area contributed by atoms with Crippen molar-refractivity contribution in [1.29, 1.82) is 0 Å². The summed E-state index contributed by atoms with van der Waals surface area (Å²) >= 11 is 0. The molecule has 1 N–H and O–H groups in total. The standard InChI is InChI=1S/C23H23N3O3/c1-3-17-18-6-4-5-7-19(18)29-20(17)14-26(2)22(28)11-8-15-12-16-9-10-21(27)25-23(16)24-13-15/h4-8,11-13H,3,9-10,14H2,1-2H3,(H,24,25,27). The Morgan fingerprint density at radius 2 is 2.14 bits per heavy atom. The molecule has 0 bridgehead atoms. The van der Waals surface area contributed by atoms with Gasteiger partial charge in [-0.05, 0) is 42.2 Å². The zero-order valence-electron chi connectivity index (χ0n) is 16.6. The highest BCUT2D eigenvalue weighted by molar-refractivity contribution is 5.94. The topological polar surface area (TPSA) is 75.4 Å². The number of likely N-dealkylation sites (N-methyl/N-ethyl adjacent to an activating group) is 1. The summed E-state index contributed by atoms with van der Waals surface area (Å²) < 4.78 is 5.98. The summed E-state index contributed by atoms with van der Waals surface area (Å²) in [6.07, 6.45) is 6.92. The second-order valence-electron chi connectivity index (χ2n) is 7.21. The minimum atomic E-state index is -0.112. The Morgan fingerprint density at radius 1 is 1.31 bits per heavy atom. The van der Waals surface area contributed by atoms with Gasteiger partial charge in [0.2, 0.25) is 11.8 Å². The predicted molar refractivity (Wildman–Crippen MR) is 112 cm³/mol. The molecule has 148 valence electrons. The van der Waals surface area contributed by atoms with E-state index in [-0.39, 0.29) is 11.8 Å². The first-order chi connectivity index (χ1) is 14.0. The van der Waals surface area contributed by atoms with Gasteiger partial charge in [-0.2, -0.15) is 0 Å². The summed E-state index contributed by atoms with van der Waals surface area (Å²) in [7, 11) is 1.76. The van der Waals surface area contributed by atoms with Crippen LogP contribution < -0.4 is 5.32 Å². The van der Waals surface area contributed by atoms with Crippen LogP contribution in [0.3, 0.4) is 0 Å². The Bertz CT molecular complexity index is 1110. The number of pyridine rings is 1. The van der Waals surface area contributed by atoms with Crippen LogP contribution in [0.1, 0.15) is 35.8 Å². The van der Waals surface area contributed by atoms with Gasteiger partial charge >= 0.3 is 0 Å². The highest BCUT2D eigenvalue weighted by atomic mass is 16.3. The van der Waals surface area contributed by atoms with Gasteiger partial charge in [0.05, 0.1) is 6.54 Å². The molecule has 0 saturated heterocycles. The summed E-state index contributed by atoms with van der Waals surface area (Å²) in [5.74, 6) is 1.31. The fourth-order valence-corrected chi connectivity index (χ4v) is 3.62. The van der Waals surface area contributed by atoms with Crippen LogP contribution in [-0.2, 0) is 29.0 Å². The fourth-order valence-electron chi connectivity index (χ4n) is 3.62. The number of hydrogen-bond donors (Lipinski definition) is 1. The van der Waals surface area contributed by atoms with Gasteiger partial charge in [-0.3, -0.25) is 9.59 Å². The zero-order valence-corrected chi connectivity index (χ0v) is 16.6. The van der Waals surface area contributed by atoms with E-state index in [1.54, 1.807) is 30.3 Å². The maximum absolute atomic E-state index is 12.6. The predicted octanol–water partition coefficient (Wildman–Crippen LogP) is 3.95. The number of hydrogen-bond acceptors (Lipinski definition) is 4. The van der Waals surface area contributed by atoms with E-state index < -0.39 is 0 Å². The van der Waals surface area contributed by atoms with Crippen LogP contribution in [0.5, 0.6) is 0 Å². The third-order valence-electron chi connectivity index (χ3n) is 5.18. The van der Waals surface area contributed by atoms with E-state index in [4.69, 9.17) is 4.42 Å². The SMILES string of the molecule is CCc1c(CN(C)C(=O)C=Cc2cnc3c(c2)CCC(=O)N3)oc2ccccc12. The lowest BCUT2D eigenvalue weighted by Gasteiger charge is -2.16. The number of amides is 2. The maximum atomic E-state index is 12.6. The molecule has 29 heavy (non-hydrogen) atoms. The van der Waals surface area contributed by atoms with Crippen molar-refractivity contribution in [2.24, 2.45) is 0 Å². The van der Waals surface area contributed by atoms with Crippen molar-refractivity contribution in [2.45, 2.75) is 32.7 Å². The molecular formula is C23H23N3O3. The molecule has 0 aliphatic carbocycles. The van der Waals surface area contributed by atoms with Gasteiger partial charge in [0.15, 0.2) is 0 Å². The Labute approximate surface area is 169 Å². The first-order valence-electron chi connectivity index (χ1n) is 9.76. The van der Waals surface area contributed by atoms with Gasteiger partial charge < -0.3 is 14.6 Å². The van der Waals surface area contributed by atoms with Crippen LogP contribution in [-0.4, -0.2) is 28.7 Å². The molecule has 0 saturated carbocycles. The summed E-state index contributed by atoms with van der Waals surface area (Å²) in [6.45, 7) is 2.50. The third-order valence-corrected chi connectivity index (χ3v) is 5.18. The number of nitrogens with one attached hydrogen (secondary N) is 1. The number of para-hydroxylation sites is 1. The van der Waals surface area contributed by atoms with Crippen molar-refractivity contribution >= 4 is 34.7 Å². The summed E-state index contributed by atoms with van der Waals surface area (Å²) in [5.41, 5.74) is 3.81. The number of aryl methyl sites for hydroxylation is 2. The molecule has 1 aliphatic heterocycles. The summed E-state index contributed by atoms with van der Waals surface area (Å²) in [4.78, 5) is 29.9. The van der Waals surface area contributed by atoms with Crippen LogP contribution in [0.2, 0.25) is 0 Å². The van der Waals surface area contributed by atoms with Gasteiger partial charge in [0.25, 0.3) is 0 Å². The van der Waals surface area contributed by atoms with Gasteiger partial charge in [0, 0.05) is 36.7 Å². The molecule has 2 amide bonds. The highest BCUT2D eigenvalue weighted by Crippen LogP contribution is 2.27. The van der Waals surface area contributed by atoms with Crippen molar-refractivity contribution in [2.75, 3.05) is 12.4 Å². The number of nitrogens with zero attached hydrogens (tertiary/aromatic N) is 2. The lowest BCUT2D eigenvalue weighted by molar-refractivity contribution is -0.125. The van der Waals surface area contributed by atoms with Crippen LogP contribution in [0.25, 0.3) is 17.0 Å². The van der Waals surface area contributed by atoms with Crippen LogP contribution in [0, 0.1) is 0 Å². The maximum Gasteiger partial charge on any atom is 0.246 e. The first kappa shape index (κ1) is 18.9. The Kier molecular flexibility index (Phi) is 5.16. The molecule has 0 unspecified atom stereocenters. The second-order valence-corrected chi connectivity index (χ2v) is 7.21. The number of carbonyl (C=O) groups excluding carboxylic acids is 2. The monoisotopic (exact) mass is 389 g/mol. The van der Waals surface area contributed by atoms with E-state index in [1.165, 1.54) is 0 Å². The lowest BCUT2D eigenvalue weighted by Crippen LogP contribution is -2.24. The zero-order chi connectivity index (χ0) is 20.4. The van der Waals surface area contributed by atoms with Crippen molar-refractivity contribution in [3.8, 4) is 0 Å². The van der Waals surface area contributed by atoms with E-state index in [0.29, 0.717) is 25.2 Å². The van der Waals surface area contributed by atoms with Crippen molar-refractivity contribution in [1.82, 2.24) is 9.88 Å². The molecule has 0 spiro atoms. The third kappa shape index (κ3) is 3.92. The molecular weight excluding hydrogens is 366 g/mol. The molecule has 3 heterocycles. The van der Waals surface area contributed by atoms with E-state index in [2.05, 4.69) is 23.3 Å². The minimum Gasteiger partial charge on any atom is -0.459 e. The van der Waals surface area contributed by atoms with E-state index >= 15 is 0 Å². The first-order valence-corrected chi connectivity index (χ1v) is 9.76. The number of rotatable bonds is 5. The Morgan fingerprint density at radius 3 is 2.97 bits per heavy atom.